The molecule has 5 nitrogen and oxygen atoms in total. The fraction of sp³-hybridized carbons (Fsp3) is 0.444. The second-order valence-electron chi connectivity index (χ2n) is 6.25. The van der Waals surface area contributed by atoms with Crippen molar-refractivity contribution in [1.82, 2.24) is 13.8 Å². The van der Waals surface area contributed by atoms with Gasteiger partial charge < -0.3 is 4.57 Å². The van der Waals surface area contributed by atoms with Gasteiger partial charge in [-0.1, -0.05) is 30.3 Å². The van der Waals surface area contributed by atoms with E-state index >= 15 is 0 Å². The molecule has 1 fully saturated rings. The van der Waals surface area contributed by atoms with Crippen molar-refractivity contribution in [1.29, 1.82) is 0 Å². The Hall–Kier alpha value is -1.34. The SMILES string of the molecule is CCn1cc(S(=O)(=O)N2CCN(Cc3ccccc3)CC2)cc1CCl. The van der Waals surface area contributed by atoms with Crippen LogP contribution in [0.5, 0.6) is 0 Å². The van der Waals surface area contributed by atoms with Crippen molar-refractivity contribution in [2.24, 2.45) is 0 Å². The van der Waals surface area contributed by atoms with Crippen LogP contribution in [0, 0.1) is 0 Å². The maximum absolute atomic E-state index is 12.9. The summed E-state index contributed by atoms with van der Waals surface area (Å²) in [5, 5.41) is 0. The minimum absolute atomic E-state index is 0.314. The Morgan fingerprint density at radius 3 is 2.32 bits per heavy atom. The van der Waals surface area contributed by atoms with E-state index in [2.05, 4.69) is 17.0 Å². The average Bonchev–Trinajstić information content (AvgIpc) is 3.07. The van der Waals surface area contributed by atoms with E-state index in [1.165, 1.54) is 5.56 Å². The molecule has 1 aromatic heterocycles. The summed E-state index contributed by atoms with van der Waals surface area (Å²) in [6.45, 7) is 6.07. The first-order valence-electron chi connectivity index (χ1n) is 8.56. The van der Waals surface area contributed by atoms with E-state index in [0.29, 0.717) is 30.4 Å². The van der Waals surface area contributed by atoms with Gasteiger partial charge in [0.05, 0.1) is 5.88 Å². The van der Waals surface area contributed by atoms with Crippen molar-refractivity contribution in [3.63, 3.8) is 0 Å². The molecule has 1 aliphatic rings. The lowest BCUT2D eigenvalue weighted by Gasteiger charge is -2.33. The lowest BCUT2D eigenvalue weighted by molar-refractivity contribution is 0.181. The number of sulfonamides is 1. The highest BCUT2D eigenvalue weighted by Gasteiger charge is 2.29. The van der Waals surface area contributed by atoms with Gasteiger partial charge in [-0.3, -0.25) is 4.90 Å². The van der Waals surface area contributed by atoms with Crippen LogP contribution in [0.25, 0.3) is 0 Å². The molecule has 0 atom stereocenters. The Kier molecular flexibility index (Phi) is 5.84. The number of aromatic nitrogens is 1. The van der Waals surface area contributed by atoms with Crippen LogP contribution < -0.4 is 0 Å². The van der Waals surface area contributed by atoms with E-state index in [9.17, 15) is 8.42 Å². The zero-order chi connectivity index (χ0) is 17.9. The molecule has 0 radical (unpaired) electrons. The number of rotatable bonds is 6. The second kappa shape index (κ2) is 7.91. The molecule has 0 unspecified atom stereocenters. The molecule has 0 N–H and O–H groups in total. The highest BCUT2D eigenvalue weighted by molar-refractivity contribution is 7.89. The van der Waals surface area contributed by atoms with Gasteiger partial charge in [0, 0.05) is 51.2 Å². The zero-order valence-electron chi connectivity index (χ0n) is 14.4. The molecule has 2 heterocycles. The van der Waals surface area contributed by atoms with Crippen molar-refractivity contribution in [2.75, 3.05) is 26.2 Å². The fourth-order valence-corrected chi connectivity index (χ4v) is 4.91. The standard InChI is InChI=1S/C18H24ClN3O2S/c1-2-21-15-18(12-17(21)13-19)25(23,24)22-10-8-20(9-11-22)14-16-6-4-3-5-7-16/h3-7,12,15H,2,8-11,13-14H2,1H3. The van der Waals surface area contributed by atoms with Gasteiger partial charge in [0.1, 0.15) is 4.90 Å². The number of aryl methyl sites for hydroxylation is 1. The second-order valence-corrected chi connectivity index (χ2v) is 8.46. The van der Waals surface area contributed by atoms with Crippen LogP contribution in [-0.4, -0.2) is 48.4 Å². The lowest BCUT2D eigenvalue weighted by atomic mass is 10.2. The molecule has 1 aliphatic heterocycles. The highest BCUT2D eigenvalue weighted by Crippen LogP contribution is 2.22. The molecule has 0 bridgehead atoms. The number of hydrogen-bond acceptors (Lipinski definition) is 3. The summed E-state index contributed by atoms with van der Waals surface area (Å²) in [7, 11) is -3.45. The van der Waals surface area contributed by atoms with E-state index in [1.54, 1.807) is 16.6 Å². The molecule has 0 spiro atoms. The molecule has 0 aliphatic carbocycles. The smallest absolute Gasteiger partial charge is 0.244 e. The normalized spacial score (nSPS) is 17.0. The number of piperazine rings is 1. The summed E-state index contributed by atoms with van der Waals surface area (Å²) in [6, 6.07) is 12.0. The van der Waals surface area contributed by atoms with Crippen LogP contribution in [0.4, 0.5) is 0 Å². The molecule has 3 rings (SSSR count). The first-order chi connectivity index (χ1) is 12.0. The molecule has 0 saturated carbocycles. The van der Waals surface area contributed by atoms with Crippen LogP contribution in [-0.2, 0) is 29.0 Å². The Labute approximate surface area is 154 Å². The number of nitrogens with zero attached hydrogens (tertiary/aromatic N) is 3. The topological polar surface area (TPSA) is 45.6 Å². The Morgan fingerprint density at radius 1 is 1.08 bits per heavy atom. The van der Waals surface area contributed by atoms with Gasteiger partial charge in [-0.25, -0.2) is 8.42 Å². The van der Waals surface area contributed by atoms with Crippen molar-refractivity contribution in [2.45, 2.75) is 30.8 Å². The minimum atomic E-state index is -3.45. The van der Waals surface area contributed by atoms with Crippen molar-refractivity contribution >= 4 is 21.6 Å². The van der Waals surface area contributed by atoms with Gasteiger partial charge in [0.15, 0.2) is 0 Å². The maximum Gasteiger partial charge on any atom is 0.244 e. The molecule has 0 amide bonds. The quantitative estimate of drug-likeness (QED) is 0.723. The van der Waals surface area contributed by atoms with Gasteiger partial charge >= 0.3 is 0 Å². The van der Waals surface area contributed by atoms with Gasteiger partial charge in [-0.15, -0.1) is 11.6 Å². The number of alkyl halides is 1. The number of hydrogen-bond donors (Lipinski definition) is 0. The van der Waals surface area contributed by atoms with Crippen molar-refractivity contribution in [3.8, 4) is 0 Å². The van der Waals surface area contributed by atoms with E-state index < -0.39 is 10.0 Å². The Morgan fingerprint density at radius 2 is 1.76 bits per heavy atom. The summed E-state index contributed by atoms with van der Waals surface area (Å²) in [4.78, 5) is 2.64. The highest BCUT2D eigenvalue weighted by atomic mass is 35.5. The van der Waals surface area contributed by atoms with Gasteiger partial charge in [0.2, 0.25) is 10.0 Å². The summed E-state index contributed by atoms with van der Waals surface area (Å²) in [5.74, 6) is 0.314. The number of benzene rings is 1. The van der Waals surface area contributed by atoms with Crippen LogP contribution in [0.15, 0.2) is 47.5 Å². The molecule has 1 saturated heterocycles. The molecule has 2 aromatic rings. The first-order valence-corrected chi connectivity index (χ1v) is 10.5. The van der Waals surface area contributed by atoms with Gasteiger partial charge in [-0.2, -0.15) is 4.31 Å². The largest absolute Gasteiger partial charge is 0.349 e. The minimum Gasteiger partial charge on any atom is -0.349 e. The molecule has 25 heavy (non-hydrogen) atoms. The maximum atomic E-state index is 12.9. The third-order valence-corrected chi connectivity index (χ3v) is 6.79. The molecule has 1 aromatic carbocycles. The summed E-state index contributed by atoms with van der Waals surface area (Å²) < 4.78 is 29.3. The Balaban J connectivity index is 1.66. The van der Waals surface area contributed by atoms with Crippen molar-refractivity contribution in [3.05, 3.63) is 53.9 Å². The molecule has 7 heteroatoms. The monoisotopic (exact) mass is 381 g/mol. The third-order valence-electron chi connectivity index (χ3n) is 4.66. The zero-order valence-corrected chi connectivity index (χ0v) is 16.0. The third kappa shape index (κ3) is 4.08. The Bertz CT molecular complexity index is 775. The summed E-state index contributed by atoms with van der Waals surface area (Å²) >= 11 is 5.92. The fourth-order valence-electron chi connectivity index (χ4n) is 3.19. The summed E-state index contributed by atoms with van der Waals surface area (Å²) in [5.41, 5.74) is 2.09. The van der Waals surface area contributed by atoms with Crippen LogP contribution >= 0.6 is 11.6 Å². The van der Waals surface area contributed by atoms with Crippen LogP contribution in [0.3, 0.4) is 0 Å². The van der Waals surface area contributed by atoms with Crippen molar-refractivity contribution < 1.29 is 8.42 Å². The first kappa shape index (κ1) is 18.5. The van der Waals surface area contributed by atoms with Gasteiger partial charge in [0.25, 0.3) is 0 Å². The van der Waals surface area contributed by atoms with Crippen LogP contribution in [0.2, 0.25) is 0 Å². The van der Waals surface area contributed by atoms with E-state index in [4.69, 9.17) is 11.6 Å². The van der Waals surface area contributed by atoms with E-state index in [1.807, 2.05) is 29.7 Å². The molecule has 136 valence electrons. The average molecular weight is 382 g/mol. The number of halogens is 1. The summed E-state index contributed by atoms with van der Waals surface area (Å²) in [6.07, 6.45) is 1.70. The van der Waals surface area contributed by atoms with Crippen LogP contribution in [0.1, 0.15) is 18.2 Å². The van der Waals surface area contributed by atoms with Gasteiger partial charge in [-0.05, 0) is 18.6 Å². The molecular formula is C18H24ClN3O2S. The van der Waals surface area contributed by atoms with E-state index in [0.717, 1.165) is 25.3 Å². The predicted molar refractivity (Wildman–Crippen MR) is 100 cm³/mol. The van der Waals surface area contributed by atoms with E-state index in [-0.39, 0.29) is 0 Å². The lowest BCUT2D eigenvalue weighted by Crippen LogP contribution is -2.48. The molecular weight excluding hydrogens is 358 g/mol. The predicted octanol–water partition coefficient (Wildman–Crippen LogP) is 2.75.